The first kappa shape index (κ1) is 12.8. The van der Waals surface area contributed by atoms with Crippen LogP contribution in [0.3, 0.4) is 0 Å². The van der Waals surface area contributed by atoms with Crippen LogP contribution >= 0.6 is 11.3 Å². The Morgan fingerprint density at radius 1 is 1.61 bits per heavy atom. The number of thiazole rings is 1. The maximum Gasteiger partial charge on any atom is 0.254 e. The SMILES string of the molecule is Cc1nc(-c2cc(C(=O)NCCCO)co2)cs1. The van der Waals surface area contributed by atoms with Gasteiger partial charge in [0.2, 0.25) is 0 Å². The summed E-state index contributed by atoms with van der Waals surface area (Å²) in [6.07, 6.45) is 1.96. The third-order valence-corrected chi connectivity index (χ3v) is 3.13. The smallest absolute Gasteiger partial charge is 0.254 e. The predicted octanol–water partition coefficient (Wildman–Crippen LogP) is 1.82. The molecule has 2 rings (SSSR count). The fraction of sp³-hybridized carbons (Fsp3) is 0.333. The average molecular weight is 266 g/mol. The van der Waals surface area contributed by atoms with Crippen molar-refractivity contribution in [3.05, 3.63) is 28.3 Å². The Morgan fingerprint density at radius 2 is 2.44 bits per heavy atom. The highest BCUT2D eigenvalue weighted by Gasteiger charge is 2.12. The highest BCUT2D eigenvalue weighted by molar-refractivity contribution is 7.09. The molecule has 5 nitrogen and oxygen atoms in total. The van der Waals surface area contributed by atoms with Crippen molar-refractivity contribution in [2.24, 2.45) is 0 Å². The highest BCUT2D eigenvalue weighted by Crippen LogP contribution is 2.23. The Balaban J connectivity index is 2.04. The van der Waals surface area contributed by atoms with Gasteiger partial charge in [0, 0.05) is 18.5 Å². The fourth-order valence-electron chi connectivity index (χ4n) is 1.45. The molecule has 0 aliphatic rings. The van der Waals surface area contributed by atoms with Crippen LogP contribution in [-0.2, 0) is 0 Å². The lowest BCUT2D eigenvalue weighted by molar-refractivity contribution is 0.0950. The molecule has 18 heavy (non-hydrogen) atoms. The Kier molecular flexibility index (Phi) is 4.11. The number of hydrogen-bond donors (Lipinski definition) is 2. The number of amides is 1. The van der Waals surface area contributed by atoms with Crippen molar-refractivity contribution in [2.75, 3.05) is 13.2 Å². The summed E-state index contributed by atoms with van der Waals surface area (Å²) in [5.41, 5.74) is 1.21. The largest absolute Gasteiger partial charge is 0.462 e. The lowest BCUT2D eigenvalue weighted by Gasteiger charge is -2.00. The predicted molar refractivity (Wildman–Crippen MR) is 68.6 cm³/mol. The van der Waals surface area contributed by atoms with E-state index in [1.54, 1.807) is 6.07 Å². The third kappa shape index (κ3) is 2.96. The first-order valence-corrected chi connectivity index (χ1v) is 6.49. The molecule has 0 aromatic carbocycles. The minimum atomic E-state index is -0.203. The average Bonchev–Trinajstić information content (AvgIpc) is 2.97. The molecule has 6 heteroatoms. The summed E-state index contributed by atoms with van der Waals surface area (Å²) in [6, 6.07) is 1.67. The molecular weight excluding hydrogens is 252 g/mol. The van der Waals surface area contributed by atoms with E-state index in [1.165, 1.54) is 17.6 Å². The van der Waals surface area contributed by atoms with Crippen LogP contribution in [0.2, 0.25) is 0 Å². The zero-order valence-corrected chi connectivity index (χ0v) is 10.8. The summed E-state index contributed by atoms with van der Waals surface area (Å²) in [4.78, 5) is 16.0. The van der Waals surface area contributed by atoms with Crippen LogP contribution in [0.25, 0.3) is 11.5 Å². The van der Waals surface area contributed by atoms with Gasteiger partial charge in [0.25, 0.3) is 5.91 Å². The van der Waals surface area contributed by atoms with E-state index in [2.05, 4.69) is 10.3 Å². The number of aryl methyl sites for hydroxylation is 1. The zero-order valence-electron chi connectivity index (χ0n) is 9.97. The molecule has 0 fully saturated rings. The van der Waals surface area contributed by atoms with Gasteiger partial charge in [0.15, 0.2) is 5.76 Å². The van der Waals surface area contributed by atoms with Crippen LogP contribution in [0.5, 0.6) is 0 Å². The van der Waals surface area contributed by atoms with E-state index < -0.39 is 0 Å². The number of nitrogens with zero attached hydrogens (tertiary/aromatic N) is 1. The lowest BCUT2D eigenvalue weighted by Crippen LogP contribution is -2.24. The molecule has 0 saturated heterocycles. The Morgan fingerprint density at radius 3 is 3.11 bits per heavy atom. The van der Waals surface area contributed by atoms with Crippen molar-refractivity contribution in [3.63, 3.8) is 0 Å². The number of hydrogen-bond acceptors (Lipinski definition) is 5. The van der Waals surface area contributed by atoms with Crippen molar-refractivity contribution in [1.82, 2.24) is 10.3 Å². The maximum atomic E-state index is 11.7. The summed E-state index contributed by atoms with van der Waals surface area (Å²) < 4.78 is 5.33. The quantitative estimate of drug-likeness (QED) is 0.809. The van der Waals surface area contributed by atoms with Gasteiger partial charge in [-0.25, -0.2) is 4.98 Å². The van der Waals surface area contributed by atoms with Gasteiger partial charge in [-0.15, -0.1) is 11.3 Å². The highest BCUT2D eigenvalue weighted by atomic mass is 32.1. The second-order valence-corrected chi connectivity index (χ2v) is 4.85. The van der Waals surface area contributed by atoms with Crippen molar-refractivity contribution in [2.45, 2.75) is 13.3 Å². The van der Waals surface area contributed by atoms with Gasteiger partial charge in [0.05, 0.1) is 10.6 Å². The van der Waals surface area contributed by atoms with Crippen LogP contribution in [0.1, 0.15) is 21.8 Å². The second-order valence-electron chi connectivity index (χ2n) is 3.78. The number of rotatable bonds is 5. The Hall–Kier alpha value is -1.66. The van der Waals surface area contributed by atoms with Crippen LogP contribution in [-0.4, -0.2) is 29.1 Å². The topological polar surface area (TPSA) is 75.4 Å². The van der Waals surface area contributed by atoms with Gasteiger partial charge in [-0.05, 0) is 19.4 Å². The number of aliphatic hydroxyl groups is 1. The number of nitrogens with one attached hydrogen (secondary N) is 1. The molecule has 0 unspecified atom stereocenters. The summed E-state index contributed by atoms with van der Waals surface area (Å²) in [5.74, 6) is 0.386. The van der Waals surface area contributed by atoms with E-state index in [9.17, 15) is 4.79 Å². The molecular formula is C12H14N2O3S. The van der Waals surface area contributed by atoms with E-state index in [0.717, 1.165) is 10.7 Å². The third-order valence-electron chi connectivity index (χ3n) is 2.35. The maximum absolute atomic E-state index is 11.7. The monoisotopic (exact) mass is 266 g/mol. The van der Waals surface area contributed by atoms with Crippen LogP contribution in [0.15, 0.2) is 22.1 Å². The van der Waals surface area contributed by atoms with Gasteiger partial charge >= 0.3 is 0 Å². The van der Waals surface area contributed by atoms with Gasteiger partial charge in [-0.1, -0.05) is 0 Å². The summed E-state index contributed by atoms with van der Waals surface area (Å²) in [7, 11) is 0. The molecule has 0 bridgehead atoms. The first-order valence-electron chi connectivity index (χ1n) is 5.61. The van der Waals surface area contributed by atoms with E-state index in [4.69, 9.17) is 9.52 Å². The zero-order chi connectivity index (χ0) is 13.0. The van der Waals surface area contributed by atoms with Crippen LogP contribution in [0, 0.1) is 6.92 Å². The van der Waals surface area contributed by atoms with Gasteiger partial charge in [0.1, 0.15) is 12.0 Å². The summed E-state index contributed by atoms with van der Waals surface area (Å²) >= 11 is 1.53. The van der Waals surface area contributed by atoms with Gasteiger partial charge in [-0.2, -0.15) is 0 Å². The van der Waals surface area contributed by atoms with E-state index >= 15 is 0 Å². The summed E-state index contributed by atoms with van der Waals surface area (Å²) in [5, 5.41) is 14.2. The van der Waals surface area contributed by atoms with E-state index in [0.29, 0.717) is 24.3 Å². The van der Waals surface area contributed by atoms with Gasteiger partial charge in [-0.3, -0.25) is 4.79 Å². The molecule has 2 aromatic heterocycles. The molecule has 0 saturated carbocycles. The number of furan rings is 1. The van der Waals surface area contributed by atoms with Crippen LogP contribution in [0.4, 0.5) is 0 Å². The Bertz CT molecular complexity index is 533. The number of aromatic nitrogens is 1. The number of carbonyl (C=O) groups is 1. The van der Waals surface area contributed by atoms with Gasteiger partial charge < -0.3 is 14.8 Å². The normalized spacial score (nSPS) is 10.6. The minimum absolute atomic E-state index is 0.0645. The van der Waals surface area contributed by atoms with Crippen LogP contribution < -0.4 is 5.32 Å². The number of carbonyl (C=O) groups excluding carboxylic acids is 1. The molecule has 2 N–H and O–H groups in total. The van der Waals surface area contributed by atoms with E-state index in [1.807, 2.05) is 12.3 Å². The van der Waals surface area contributed by atoms with Crippen molar-refractivity contribution in [3.8, 4) is 11.5 Å². The molecule has 0 aliphatic heterocycles. The standard InChI is InChI=1S/C12H14N2O3S/c1-8-14-10(7-18-8)11-5-9(6-17-11)12(16)13-3-2-4-15/h5-7,15H,2-4H2,1H3,(H,13,16). The lowest BCUT2D eigenvalue weighted by atomic mass is 10.2. The molecule has 2 heterocycles. The molecule has 96 valence electrons. The molecule has 1 amide bonds. The van der Waals surface area contributed by atoms with Crippen molar-refractivity contribution in [1.29, 1.82) is 0 Å². The first-order chi connectivity index (χ1) is 8.70. The molecule has 0 aliphatic carbocycles. The minimum Gasteiger partial charge on any atom is -0.462 e. The fourth-order valence-corrected chi connectivity index (χ4v) is 2.05. The second kappa shape index (κ2) is 5.79. The Labute approximate surface area is 108 Å². The molecule has 2 aromatic rings. The van der Waals surface area contributed by atoms with Crippen molar-refractivity contribution >= 4 is 17.2 Å². The van der Waals surface area contributed by atoms with E-state index in [-0.39, 0.29) is 12.5 Å². The molecule has 0 radical (unpaired) electrons. The van der Waals surface area contributed by atoms with Crippen molar-refractivity contribution < 1.29 is 14.3 Å². The number of aliphatic hydroxyl groups excluding tert-OH is 1. The molecule has 0 atom stereocenters. The molecule has 0 spiro atoms. The summed E-state index contributed by atoms with van der Waals surface area (Å²) in [6.45, 7) is 2.43.